The second kappa shape index (κ2) is 4.49. The van der Waals surface area contributed by atoms with E-state index >= 15 is 0 Å². The SMILES string of the molecule is CN(CCO)C(=O)C1C2C=CC(C2)C1C(=O)O. The molecular weight excluding hydrogens is 222 g/mol. The minimum atomic E-state index is -0.891. The fourth-order valence-electron chi connectivity index (χ4n) is 3.01. The van der Waals surface area contributed by atoms with Gasteiger partial charge < -0.3 is 15.1 Å². The molecule has 0 aromatic heterocycles. The summed E-state index contributed by atoms with van der Waals surface area (Å²) in [5, 5.41) is 18.0. The lowest BCUT2D eigenvalue weighted by atomic mass is 9.82. The summed E-state index contributed by atoms with van der Waals surface area (Å²) in [6.07, 6.45) is 4.64. The van der Waals surface area contributed by atoms with E-state index in [1.54, 1.807) is 7.05 Å². The third kappa shape index (κ3) is 1.95. The zero-order valence-corrected chi connectivity index (χ0v) is 9.74. The Morgan fingerprint density at radius 2 is 1.88 bits per heavy atom. The van der Waals surface area contributed by atoms with Crippen molar-refractivity contribution in [1.29, 1.82) is 0 Å². The minimum Gasteiger partial charge on any atom is -0.481 e. The van der Waals surface area contributed by atoms with Crippen molar-refractivity contribution in [3.05, 3.63) is 12.2 Å². The van der Waals surface area contributed by atoms with Gasteiger partial charge >= 0.3 is 5.97 Å². The van der Waals surface area contributed by atoms with E-state index in [-0.39, 0.29) is 30.9 Å². The molecule has 1 saturated carbocycles. The van der Waals surface area contributed by atoms with Crippen LogP contribution in [-0.4, -0.2) is 47.2 Å². The minimum absolute atomic E-state index is 0.00558. The molecule has 5 heteroatoms. The van der Waals surface area contributed by atoms with Crippen molar-refractivity contribution in [1.82, 2.24) is 4.90 Å². The van der Waals surface area contributed by atoms with E-state index in [4.69, 9.17) is 5.11 Å². The number of nitrogens with zero attached hydrogens (tertiary/aromatic N) is 1. The highest BCUT2D eigenvalue weighted by Gasteiger charge is 2.52. The summed E-state index contributed by atoms with van der Waals surface area (Å²) in [7, 11) is 1.60. The molecule has 1 amide bonds. The number of carboxylic acids is 1. The number of aliphatic carboxylic acids is 1. The fourth-order valence-corrected chi connectivity index (χ4v) is 3.01. The van der Waals surface area contributed by atoms with Crippen LogP contribution in [0.1, 0.15) is 6.42 Å². The lowest BCUT2D eigenvalue weighted by Crippen LogP contribution is -2.42. The highest BCUT2D eigenvalue weighted by Crippen LogP contribution is 2.48. The van der Waals surface area contributed by atoms with Crippen LogP contribution in [0, 0.1) is 23.7 Å². The maximum atomic E-state index is 12.2. The quantitative estimate of drug-likeness (QED) is 0.675. The van der Waals surface area contributed by atoms with Gasteiger partial charge in [-0.25, -0.2) is 0 Å². The van der Waals surface area contributed by atoms with Crippen LogP contribution < -0.4 is 0 Å². The van der Waals surface area contributed by atoms with Crippen LogP contribution in [0.15, 0.2) is 12.2 Å². The Kier molecular flexibility index (Phi) is 3.19. The van der Waals surface area contributed by atoms with Gasteiger partial charge in [-0.1, -0.05) is 12.2 Å². The molecular formula is C12H17NO4. The standard InChI is InChI=1S/C12H17NO4/c1-13(4-5-14)11(15)9-7-2-3-8(6-7)10(9)12(16)17/h2-3,7-10,14H,4-6H2,1H3,(H,16,17). The van der Waals surface area contributed by atoms with Crippen molar-refractivity contribution >= 4 is 11.9 Å². The van der Waals surface area contributed by atoms with Crippen LogP contribution >= 0.6 is 0 Å². The smallest absolute Gasteiger partial charge is 0.307 e. The van der Waals surface area contributed by atoms with E-state index in [1.165, 1.54) is 4.90 Å². The van der Waals surface area contributed by atoms with Crippen molar-refractivity contribution in [2.45, 2.75) is 6.42 Å². The number of likely N-dealkylation sites (N-methyl/N-ethyl adjacent to an activating group) is 1. The predicted molar refractivity (Wildman–Crippen MR) is 60.1 cm³/mol. The van der Waals surface area contributed by atoms with E-state index in [9.17, 15) is 14.7 Å². The Morgan fingerprint density at radius 1 is 1.29 bits per heavy atom. The number of fused-ring (bicyclic) bond motifs is 2. The van der Waals surface area contributed by atoms with Crippen LogP contribution in [0.25, 0.3) is 0 Å². The first-order valence-electron chi connectivity index (χ1n) is 5.83. The summed E-state index contributed by atoms with van der Waals surface area (Å²) < 4.78 is 0. The molecule has 2 aliphatic rings. The Hall–Kier alpha value is -1.36. The van der Waals surface area contributed by atoms with Gasteiger partial charge in [-0.15, -0.1) is 0 Å². The second-order valence-corrected chi connectivity index (χ2v) is 4.82. The molecule has 0 aromatic carbocycles. The number of aliphatic hydroxyl groups excluding tert-OH is 1. The molecule has 0 aliphatic heterocycles. The summed E-state index contributed by atoms with van der Waals surface area (Å²) in [6, 6.07) is 0. The topological polar surface area (TPSA) is 77.8 Å². The monoisotopic (exact) mass is 239 g/mol. The maximum Gasteiger partial charge on any atom is 0.307 e. The van der Waals surface area contributed by atoms with Crippen molar-refractivity contribution in [2.75, 3.05) is 20.2 Å². The molecule has 4 atom stereocenters. The van der Waals surface area contributed by atoms with Crippen molar-refractivity contribution in [3.63, 3.8) is 0 Å². The van der Waals surface area contributed by atoms with E-state index in [2.05, 4.69) is 0 Å². The van der Waals surface area contributed by atoms with Gasteiger partial charge in [0.05, 0.1) is 18.4 Å². The molecule has 94 valence electrons. The largest absolute Gasteiger partial charge is 0.481 e. The number of carbonyl (C=O) groups excluding carboxylic acids is 1. The molecule has 0 heterocycles. The summed E-state index contributed by atoms with van der Waals surface area (Å²) in [4.78, 5) is 24.8. The third-order valence-electron chi connectivity index (χ3n) is 3.84. The van der Waals surface area contributed by atoms with E-state index in [1.807, 2.05) is 12.2 Å². The summed E-state index contributed by atoms with van der Waals surface area (Å²) in [5.41, 5.74) is 0. The molecule has 2 bridgehead atoms. The lowest BCUT2D eigenvalue weighted by Gasteiger charge is -2.28. The van der Waals surface area contributed by atoms with Gasteiger partial charge in [-0.2, -0.15) is 0 Å². The average molecular weight is 239 g/mol. The number of allylic oxidation sites excluding steroid dienone is 2. The van der Waals surface area contributed by atoms with Crippen LogP contribution in [0.5, 0.6) is 0 Å². The van der Waals surface area contributed by atoms with Crippen LogP contribution in [0.2, 0.25) is 0 Å². The molecule has 4 unspecified atom stereocenters. The van der Waals surface area contributed by atoms with Crippen molar-refractivity contribution in [3.8, 4) is 0 Å². The number of carbonyl (C=O) groups is 2. The first kappa shape index (κ1) is 12.1. The Morgan fingerprint density at radius 3 is 2.41 bits per heavy atom. The molecule has 0 spiro atoms. The number of aliphatic hydroxyl groups is 1. The molecule has 1 fully saturated rings. The van der Waals surface area contributed by atoms with Gasteiger partial charge in [0.2, 0.25) is 5.91 Å². The predicted octanol–water partition coefficient (Wildman–Crippen LogP) is -0.0400. The van der Waals surface area contributed by atoms with Crippen LogP contribution in [-0.2, 0) is 9.59 Å². The molecule has 0 aromatic rings. The molecule has 0 radical (unpaired) electrons. The number of hydrogen-bond donors (Lipinski definition) is 2. The van der Waals surface area contributed by atoms with Crippen molar-refractivity contribution < 1.29 is 19.8 Å². The van der Waals surface area contributed by atoms with Gasteiger partial charge in [-0.3, -0.25) is 9.59 Å². The van der Waals surface area contributed by atoms with Crippen LogP contribution in [0.4, 0.5) is 0 Å². The summed E-state index contributed by atoms with van der Waals surface area (Å²) in [5.74, 6) is -2.07. The lowest BCUT2D eigenvalue weighted by molar-refractivity contribution is -0.150. The Bertz CT molecular complexity index is 366. The summed E-state index contributed by atoms with van der Waals surface area (Å²) >= 11 is 0. The zero-order chi connectivity index (χ0) is 12.6. The first-order valence-corrected chi connectivity index (χ1v) is 5.83. The second-order valence-electron chi connectivity index (χ2n) is 4.82. The molecule has 0 saturated heterocycles. The highest BCUT2D eigenvalue weighted by molar-refractivity contribution is 5.86. The van der Waals surface area contributed by atoms with Gasteiger partial charge in [-0.05, 0) is 18.3 Å². The molecule has 2 aliphatic carbocycles. The molecule has 5 nitrogen and oxygen atoms in total. The van der Waals surface area contributed by atoms with E-state index in [0.29, 0.717) is 0 Å². The Labute approximate surface area is 99.7 Å². The van der Waals surface area contributed by atoms with Gasteiger partial charge in [0.1, 0.15) is 0 Å². The van der Waals surface area contributed by atoms with E-state index < -0.39 is 17.8 Å². The van der Waals surface area contributed by atoms with Gasteiger partial charge in [0.15, 0.2) is 0 Å². The highest BCUT2D eigenvalue weighted by atomic mass is 16.4. The fraction of sp³-hybridized carbons (Fsp3) is 0.667. The number of hydrogen-bond acceptors (Lipinski definition) is 3. The summed E-state index contributed by atoms with van der Waals surface area (Å²) in [6.45, 7) is 0.152. The molecule has 17 heavy (non-hydrogen) atoms. The molecule has 2 N–H and O–H groups in total. The Balaban J connectivity index is 2.16. The average Bonchev–Trinajstić information content (AvgIpc) is 2.87. The zero-order valence-electron chi connectivity index (χ0n) is 9.74. The number of rotatable bonds is 4. The first-order chi connectivity index (χ1) is 8.06. The maximum absolute atomic E-state index is 12.2. The molecule has 2 rings (SSSR count). The van der Waals surface area contributed by atoms with Gasteiger partial charge in [0, 0.05) is 13.6 Å². The normalized spacial score (nSPS) is 34.0. The third-order valence-corrected chi connectivity index (χ3v) is 3.84. The van der Waals surface area contributed by atoms with Gasteiger partial charge in [0.25, 0.3) is 0 Å². The van der Waals surface area contributed by atoms with Crippen molar-refractivity contribution in [2.24, 2.45) is 23.7 Å². The van der Waals surface area contributed by atoms with E-state index in [0.717, 1.165) is 6.42 Å². The number of carboxylic acid groups (broad SMARTS) is 1. The van der Waals surface area contributed by atoms with Crippen LogP contribution in [0.3, 0.4) is 0 Å². The number of amides is 1.